The normalized spacial score (nSPS) is 14.0. The van der Waals surface area contributed by atoms with E-state index in [0.29, 0.717) is 5.95 Å². The Labute approximate surface area is 201 Å². The number of nitrogens with zero attached hydrogens (tertiary/aromatic N) is 5. The summed E-state index contributed by atoms with van der Waals surface area (Å²) in [4.78, 5) is 9.26. The van der Waals surface area contributed by atoms with Gasteiger partial charge in [0.1, 0.15) is 12.4 Å². The molecule has 7 nitrogen and oxygen atoms in total. The van der Waals surface area contributed by atoms with Gasteiger partial charge in [-0.1, -0.05) is 12.1 Å². The summed E-state index contributed by atoms with van der Waals surface area (Å²) in [5, 5.41) is 8.06. The van der Waals surface area contributed by atoms with Crippen molar-refractivity contribution in [2.24, 2.45) is 0 Å². The van der Waals surface area contributed by atoms with Crippen LogP contribution in [0.2, 0.25) is 0 Å². The van der Waals surface area contributed by atoms with Crippen LogP contribution in [0.1, 0.15) is 18.4 Å². The van der Waals surface area contributed by atoms with Crippen LogP contribution in [0.3, 0.4) is 0 Å². The molecule has 0 amide bonds. The fourth-order valence-electron chi connectivity index (χ4n) is 4.56. The second-order valence-corrected chi connectivity index (χ2v) is 9.06. The third-order valence-electron chi connectivity index (χ3n) is 6.32. The summed E-state index contributed by atoms with van der Waals surface area (Å²) in [6, 6.07) is 20.5. The molecule has 34 heavy (non-hydrogen) atoms. The van der Waals surface area contributed by atoms with E-state index in [1.54, 1.807) is 0 Å². The molecule has 0 bridgehead atoms. The predicted molar refractivity (Wildman–Crippen MR) is 138 cm³/mol. The maximum Gasteiger partial charge on any atom is 0.247 e. The SMILES string of the molecule is Cc1cc(-c2cccc3nc(Nc4ccc(OCCN5CCCC5)cc4)nn23)ccc1N(C)C. The molecule has 1 aliphatic heterocycles. The summed E-state index contributed by atoms with van der Waals surface area (Å²) in [5.41, 5.74) is 6.28. The molecular weight excluding hydrogens is 424 g/mol. The van der Waals surface area contributed by atoms with E-state index in [2.05, 4.69) is 65.4 Å². The minimum Gasteiger partial charge on any atom is -0.492 e. The van der Waals surface area contributed by atoms with E-state index in [1.807, 2.05) is 40.9 Å². The molecule has 1 saturated heterocycles. The number of benzene rings is 2. The quantitative estimate of drug-likeness (QED) is 0.403. The first-order chi connectivity index (χ1) is 16.6. The van der Waals surface area contributed by atoms with Crippen LogP contribution in [-0.2, 0) is 0 Å². The summed E-state index contributed by atoms with van der Waals surface area (Å²) in [6.07, 6.45) is 2.61. The number of fused-ring (bicyclic) bond motifs is 1. The smallest absolute Gasteiger partial charge is 0.247 e. The van der Waals surface area contributed by atoms with Crippen LogP contribution >= 0.6 is 0 Å². The van der Waals surface area contributed by atoms with Gasteiger partial charge in [0, 0.05) is 37.6 Å². The van der Waals surface area contributed by atoms with Crippen LogP contribution in [0.25, 0.3) is 16.9 Å². The maximum atomic E-state index is 5.91. The molecule has 3 heterocycles. The molecule has 4 aromatic rings. The number of likely N-dealkylation sites (tertiary alicyclic amines) is 1. The van der Waals surface area contributed by atoms with Crippen LogP contribution in [-0.4, -0.2) is 59.8 Å². The summed E-state index contributed by atoms with van der Waals surface area (Å²) < 4.78 is 7.80. The summed E-state index contributed by atoms with van der Waals surface area (Å²) in [5.74, 6) is 1.45. The van der Waals surface area contributed by atoms with Crippen molar-refractivity contribution >= 4 is 23.0 Å². The van der Waals surface area contributed by atoms with E-state index in [4.69, 9.17) is 9.84 Å². The molecule has 1 N–H and O–H groups in total. The Balaban J connectivity index is 1.29. The molecule has 2 aromatic heterocycles. The second kappa shape index (κ2) is 9.73. The molecule has 7 heteroatoms. The number of rotatable bonds is 8. The van der Waals surface area contributed by atoms with Crippen LogP contribution in [0.15, 0.2) is 60.7 Å². The summed E-state index contributed by atoms with van der Waals surface area (Å²) in [6.45, 7) is 6.23. The first-order valence-electron chi connectivity index (χ1n) is 11.9. The van der Waals surface area contributed by atoms with Gasteiger partial charge in [0.15, 0.2) is 5.65 Å². The van der Waals surface area contributed by atoms with Crippen LogP contribution in [0, 0.1) is 6.92 Å². The lowest BCUT2D eigenvalue weighted by Crippen LogP contribution is -2.25. The van der Waals surface area contributed by atoms with Gasteiger partial charge in [0.25, 0.3) is 0 Å². The van der Waals surface area contributed by atoms with E-state index in [1.165, 1.54) is 37.2 Å². The third kappa shape index (κ3) is 4.84. The molecule has 0 unspecified atom stereocenters. The summed E-state index contributed by atoms with van der Waals surface area (Å²) >= 11 is 0. The average Bonchev–Trinajstić information content (AvgIpc) is 3.49. The van der Waals surface area contributed by atoms with Gasteiger partial charge in [0.05, 0.1) is 5.69 Å². The fourth-order valence-corrected chi connectivity index (χ4v) is 4.56. The molecule has 0 atom stereocenters. The maximum absolute atomic E-state index is 5.91. The van der Waals surface area contributed by atoms with Crippen molar-refractivity contribution in [1.29, 1.82) is 0 Å². The van der Waals surface area contributed by atoms with Gasteiger partial charge in [-0.05, 0) is 86.9 Å². The van der Waals surface area contributed by atoms with E-state index >= 15 is 0 Å². The van der Waals surface area contributed by atoms with Crippen LogP contribution in [0.4, 0.5) is 17.3 Å². The minimum atomic E-state index is 0.566. The van der Waals surface area contributed by atoms with Gasteiger partial charge >= 0.3 is 0 Å². The Bertz CT molecular complexity index is 1260. The van der Waals surface area contributed by atoms with Crippen LogP contribution < -0.4 is 15.0 Å². The lowest BCUT2D eigenvalue weighted by atomic mass is 10.1. The topological polar surface area (TPSA) is 57.9 Å². The molecule has 176 valence electrons. The van der Waals surface area contributed by atoms with Crippen molar-refractivity contribution in [2.75, 3.05) is 50.6 Å². The van der Waals surface area contributed by atoms with Crippen LogP contribution in [0.5, 0.6) is 5.75 Å². The van der Waals surface area contributed by atoms with Crippen molar-refractivity contribution < 1.29 is 4.74 Å². The van der Waals surface area contributed by atoms with Gasteiger partial charge in [-0.3, -0.25) is 4.90 Å². The van der Waals surface area contributed by atoms with Gasteiger partial charge in [-0.15, -0.1) is 5.10 Å². The Hall–Kier alpha value is -3.58. The largest absolute Gasteiger partial charge is 0.492 e. The Morgan fingerprint density at radius 2 is 1.79 bits per heavy atom. The summed E-state index contributed by atoms with van der Waals surface area (Å²) in [7, 11) is 4.12. The molecular formula is C27H32N6O. The van der Waals surface area contributed by atoms with E-state index in [-0.39, 0.29) is 0 Å². The fraction of sp³-hybridized carbons (Fsp3) is 0.333. The Morgan fingerprint density at radius 1 is 1.00 bits per heavy atom. The average molecular weight is 457 g/mol. The molecule has 5 rings (SSSR count). The molecule has 0 aliphatic carbocycles. The highest BCUT2D eigenvalue weighted by molar-refractivity contribution is 5.69. The Morgan fingerprint density at radius 3 is 2.53 bits per heavy atom. The molecule has 2 aromatic carbocycles. The standard InChI is InChI=1S/C27H32N6O/c1-20-19-21(9-14-24(20)31(2)3)25-7-6-8-26-29-27(30-33(25)26)28-22-10-12-23(13-11-22)34-18-17-32-15-4-5-16-32/h6-14,19H,4-5,15-18H2,1-3H3,(H,28,30). The third-order valence-corrected chi connectivity index (χ3v) is 6.32. The molecule has 1 aliphatic rings. The van der Waals surface area contributed by atoms with Gasteiger partial charge < -0.3 is 15.0 Å². The van der Waals surface area contributed by atoms with Gasteiger partial charge in [-0.25, -0.2) is 4.52 Å². The molecule has 1 fully saturated rings. The molecule has 0 spiro atoms. The number of hydrogen-bond acceptors (Lipinski definition) is 6. The van der Waals surface area contributed by atoms with E-state index in [0.717, 1.165) is 41.5 Å². The first kappa shape index (κ1) is 22.2. The highest BCUT2D eigenvalue weighted by atomic mass is 16.5. The van der Waals surface area contributed by atoms with E-state index in [9.17, 15) is 0 Å². The zero-order chi connectivity index (χ0) is 23.5. The Kier molecular flexibility index (Phi) is 6.36. The zero-order valence-corrected chi connectivity index (χ0v) is 20.2. The number of pyridine rings is 1. The molecule has 0 radical (unpaired) electrons. The van der Waals surface area contributed by atoms with Crippen molar-refractivity contribution in [2.45, 2.75) is 19.8 Å². The number of aromatic nitrogens is 3. The highest BCUT2D eigenvalue weighted by Crippen LogP contribution is 2.27. The minimum absolute atomic E-state index is 0.566. The number of hydrogen-bond donors (Lipinski definition) is 1. The van der Waals surface area contributed by atoms with Gasteiger partial charge in [0.2, 0.25) is 5.95 Å². The van der Waals surface area contributed by atoms with Crippen molar-refractivity contribution in [3.05, 3.63) is 66.2 Å². The number of nitrogens with one attached hydrogen (secondary N) is 1. The zero-order valence-electron chi connectivity index (χ0n) is 20.2. The van der Waals surface area contributed by atoms with Crippen molar-refractivity contribution in [1.82, 2.24) is 19.5 Å². The number of aryl methyl sites for hydroxylation is 1. The predicted octanol–water partition coefficient (Wildman–Crippen LogP) is 4.99. The lowest BCUT2D eigenvalue weighted by Gasteiger charge is -2.16. The number of ether oxygens (including phenoxy) is 1. The lowest BCUT2D eigenvalue weighted by molar-refractivity contribution is 0.238. The second-order valence-electron chi connectivity index (χ2n) is 9.06. The molecule has 0 saturated carbocycles. The van der Waals surface area contributed by atoms with E-state index < -0.39 is 0 Å². The van der Waals surface area contributed by atoms with Crippen molar-refractivity contribution in [3.8, 4) is 17.0 Å². The van der Waals surface area contributed by atoms with Gasteiger partial charge in [-0.2, -0.15) is 4.98 Å². The van der Waals surface area contributed by atoms with Crippen molar-refractivity contribution in [3.63, 3.8) is 0 Å². The monoisotopic (exact) mass is 456 g/mol. The first-order valence-corrected chi connectivity index (χ1v) is 11.9. The highest BCUT2D eigenvalue weighted by Gasteiger charge is 2.12. The number of anilines is 3.